The van der Waals surface area contributed by atoms with E-state index in [-0.39, 0.29) is 6.03 Å². The summed E-state index contributed by atoms with van der Waals surface area (Å²) in [5.74, 6) is -0.486. The highest BCUT2D eigenvalue weighted by atomic mass is 16.5. The second kappa shape index (κ2) is 6.92. The first kappa shape index (κ1) is 15.1. The van der Waals surface area contributed by atoms with E-state index in [4.69, 9.17) is 4.74 Å². The zero-order chi connectivity index (χ0) is 14.4. The molecule has 2 rings (SSSR count). The Labute approximate surface area is 119 Å². The summed E-state index contributed by atoms with van der Waals surface area (Å²) in [4.78, 5) is 23.4. The number of hydrogen-bond acceptors (Lipinski definition) is 3. The minimum absolute atomic E-state index is 0.360. The quantitative estimate of drug-likeness (QED) is 0.730. The lowest BCUT2D eigenvalue weighted by molar-refractivity contribution is -0.145. The van der Waals surface area contributed by atoms with Crippen molar-refractivity contribution < 1.29 is 19.4 Å². The predicted molar refractivity (Wildman–Crippen MR) is 73.5 cm³/mol. The topological polar surface area (TPSA) is 87.7 Å². The standard InChI is InChI=1S/C14H24N2O4/c17-12(18)14(6-2-1-3-7-14)16-13(19)15-10-11-4-8-20-9-5-11/h11H,1-10H2,(H,17,18)(H2,15,16,19). The van der Waals surface area contributed by atoms with Crippen molar-refractivity contribution in [1.82, 2.24) is 10.6 Å². The molecule has 6 heteroatoms. The van der Waals surface area contributed by atoms with Crippen LogP contribution in [0.3, 0.4) is 0 Å². The average Bonchev–Trinajstić information content (AvgIpc) is 2.47. The number of amides is 2. The largest absolute Gasteiger partial charge is 0.480 e. The number of nitrogens with one attached hydrogen (secondary N) is 2. The Bertz CT molecular complexity index is 347. The molecule has 0 aromatic rings. The van der Waals surface area contributed by atoms with E-state index in [9.17, 15) is 14.7 Å². The normalized spacial score (nSPS) is 23.0. The van der Waals surface area contributed by atoms with Crippen molar-refractivity contribution in [3.05, 3.63) is 0 Å². The van der Waals surface area contributed by atoms with Crippen LogP contribution in [0.4, 0.5) is 4.79 Å². The van der Waals surface area contributed by atoms with Crippen molar-refractivity contribution >= 4 is 12.0 Å². The Balaban J connectivity index is 1.80. The first-order valence-electron chi connectivity index (χ1n) is 7.49. The highest BCUT2D eigenvalue weighted by Gasteiger charge is 2.40. The smallest absolute Gasteiger partial charge is 0.329 e. The summed E-state index contributed by atoms with van der Waals surface area (Å²) in [6.07, 6.45) is 5.69. The maximum Gasteiger partial charge on any atom is 0.329 e. The van der Waals surface area contributed by atoms with Crippen LogP contribution in [0, 0.1) is 5.92 Å². The van der Waals surface area contributed by atoms with Crippen molar-refractivity contribution in [2.45, 2.75) is 50.5 Å². The third kappa shape index (κ3) is 3.85. The van der Waals surface area contributed by atoms with Crippen molar-refractivity contribution in [1.29, 1.82) is 0 Å². The van der Waals surface area contributed by atoms with Gasteiger partial charge in [0.15, 0.2) is 0 Å². The van der Waals surface area contributed by atoms with Gasteiger partial charge in [-0.15, -0.1) is 0 Å². The average molecular weight is 284 g/mol. The summed E-state index contributed by atoms with van der Waals surface area (Å²) < 4.78 is 5.27. The first-order valence-corrected chi connectivity index (χ1v) is 7.49. The molecule has 0 unspecified atom stereocenters. The molecule has 0 aromatic carbocycles. The van der Waals surface area contributed by atoms with Gasteiger partial charge in [0.2, 0.25) is 0 Å². The van der Waals surface area contributed by atoms with Crippen LogP contribution < -0.4 is 10.6 Å². The molecule has 3 N–H and O–H groups in total. The lowest BCUT2D eigenvalue weighted by Crippen LogP contribution is -2.58. The fourth-order valence-electron chi connectivity index (χ4n) is 3.00. The molecule has 1 heterocycles. The van der Waals surface area contributed by atoms with Gasteiger partial charge < -0.3 is 20.5 Å². The van der Waals surface area contributed by atoms with E-state index in [0.29, 0.717) is 25.3 Å². The molecule has 20 heavy (non-hydrogen) atoms. The number of aliphatic carboxylic acids is 1. The molecule has 2 aliphatic rings. The van der Waals surface area contributed by atoms with E-state index in [2.05, 4.69) is 10.6 Å². The molecule has 2 fully saturated rings. The van der Waals surface area contributed by atoms with Crippen molar-refractivity contribution in [3.63, 3.8) is 0 Å². The number of carbonyl (C=O) groups excluding carboxylic acids is 1. The van der Waals surface area contributed by atoms with Gasteiger partial charge in [0.05, 0.1) is 0 Å². The van der Waals surface area contributed by atoms with Crippen LogP contribution in [0.5, 0.6) is 0 Å². The molecular formula is C14H24N2O4. The third-order valence-electron chi connectivity index (χ3n) is 4.36. The molecule has 0 aromatic heterocycles. The monoisotopic (exact) mass is 284 g/mol. The van der Waals surface area contributed by atoms with Gasteiger partial charge in [0.25, 0.3) is 0 Å². The number of carboxylic acids is 1. The van der Waals surface area contributed by atoms with Gasteiger partial charge in [-0.2, -0.15) is 0 Å². The molecule has 1 aliphatic carbocycles. The van der Waals surface area contributed by atoms with E-state index in [1.165, 1.54) is 0 Å². The predicted octanol–water partition coefficient (Wildman–Crippen LogP) is 1.50. The van der Waals surface area contributed by atoms with Gasteiger partial charge in [-0.05, 0) is 31.6 Å². The van der Waals surface area contributed by atoms with Crippen LogP contribution in [-0.2, 0) is 9.53 Å². The Morgan fingerprint density at radius 3 is 2.40 bits per heavy atom. The molecule has 6 nitrogen and oxygen atoms in total. The molecule has 0 bridgehead atoms. The molecule has 0 atom stereocenters. The highest BCUT2D eigenvalue weighted by Crippen LogP contribution is 2.28. The molecule has 1 saturated carbocycles. The molecule has 0 radical (unpaired) electrons. The van der Waals surface area contributed by atoms with Crippen LogP contribution in [0.15, 0.2) is 0 Å². The third-order valence-corrected chi connectivity index (χ3v) is 4.36. The Hall–Kier alpha value is -1.30. The molecule has 0 spiro atoms. The van der Waals surface area contributed by atoms with Gasteiger partial charge in [-0.3, -0.25) is 0 Å². The van der Waals surface area contributed by atoms with Gasteiger partial charge >= 0.3 is 12.0 Å². The zero-order valence-corrected chi connectivity index (χ0v) is 11.8. The van der Waals surface area contributed by atoms with E-state index in [1.807, 2.05) is 0 Å². The van der Waals surface area contributed by atoms with Gasteiger partial charge in [0.1, 0.15) is 5.54 Å². The molecular weight excluding hydrogens is 260 g/mol. The van der Waals surface area contributed by atoms with Gasteiger partial charge in [-0.25, -0.2) is 9.59 Å². The summed E-state index contributed by atoms with van der Waals surface area (Å²) in [6, 6.07) is -0.360. The van der Waals surface area contributed by atoms with Crippen LogP contribution in [0.2, 0.25) is 0 Å². The van der Waals surface area contributed by atoms with E-state index >= 15 is 0 Å². The van der Waals surface area contributed by atoms with E-state index in [1.54, 1.807) is 0 Å². The summed E-state index contributed by atoms with van der Waals surface area (Å²) in [5, 5.41) is 14.9. The lowest BCUT2D eigenvalue weighted by atomic mass is 9.82. The SMILES string of the molecule is O=C(NCC1CCOCC1)NC1(C(=O)O)CCCCC1. The minimum atomic E-state index is -1.07. The summed E-state index contributed by atoms with van der Waals surface area (Å²) in [7, 11) is 0. The first-order chi connectivity index (χ1) is 9.62. The molecule has 114 valence electrons. The number of rotatable bonds is 4. The minimum Gasteiger partial charge on any atom is -0.480 e. The van der Waals surface area contributed by atoms with Gasteiger partial charge in [-0.1, -0.05) is 19.3 Å². The van der Waals surface area contributed by atoms with E-state index in [0.717, 1.165) is 45.3 Å². The highest BCUT2D eigenvalue weighted by molar-refractivity contribution is 5.86. The Kier molecular flexibility index (Phi) is 5.23. The molecule has 1 saturated heterocycles. The second-order valence-corrected chi connectivity index (χ2v) is 5.84. The lowest BCUT2D eigenvalue weighted by Gasteiger charge is -2.34. The summed E-state index contributed by atoms with van der Waals surface area (Å²) in [6.45, 7) is 2.07. The zero-order valence-electron chi connectivity index (χ0n) is 11.8. The maximum atomic E-state index is 11.9. The van der Waals surface area contributed by atoms with Crippen LogP contribution in [-0.4, -0.2) is 42.4 Å². The molecule has 2 amide bonds. The van der Waals surface area contributed by atoms with Crippen LogP contribution >= 0.6 is 0 Å². The number of ether oxygens (including phenoxy) is 1. The van der Waals surface area contributed by atoms with Crippen LogP contribution in [0.1, 0.15) is 44.9 Å². The van der Waals surface area contributed by atoms with E-state index < -0.39 is 11.5 Å². The fourth-order valence-corrected chi connectivity index (χ4v) is 3.00. The van der Waals surface area contributed by atoms with Crippen molar-refractivity contribution in [2.24, 2.45) is 5.92 Å². The second-order valence-electron chi connectivity index (χ2n) is 5.84. The van der Waals surface area contributed by atoms with Gasteiger partial charge in [0, 0.05) is 19.8 Å². The Morgan fingerprint density at radius 1 is 1.15 bits per heavy atom. The number of urea groups is 1. The fraction of sp³-hybridized carbons (Fsp3) is 0.857. The molecule has 1 aliphatic heterocycles. The summed E-state index contributed by atoms with van der Waals surface area (Å²) in [5.41, 5.74) is -1.07. The maximum absolute atomic E-state index is 11.9. The number of hydrogen-bond donors (Lipinski definition) is 3. The number of carbonyl (C=O) groups is 2. The van der Waals surface area contributed by atoms with Crippen molar-refractivity contribution in [2.75, 3.05) is 19.8 Å². The Morgan fingerprint density at radius 2 is 1.80 bits per heavy atom. The van der Waals surface area contributed by atoms with Crippen molar-refractivity contribution in [3.8, 4) is 0 Å². The van der Waals surface area contributed by atoms with Crippen LogP contribution in [0.25, 0.3) is 0 Å². The summed E-state index contributed by atoms with van der Waals surface area (Å²) >= 11 is 0. The number of carboxylic acid groups (broad SMARTS) is 1.